The van der Waals surface area contributed by atoms with Gasteiger partial charge in [0.2, 0.25) is 0 Å². The van der Waals surface area contributed by atoms with Crippen LogP contribution in [-0.2, 0) is 11.2 Å². The number of halogens is 1. The number of aldehydes is 1. The maximum atomic E-state index is 11.3. The van der Waals surface area contributed by atoms with E-state index in [1.165, 1.54) is 17.6 Å². The van der Waals surface area contributed by atoms with E-state index in [1.54, 1.807) is 11.3 Å². The summed E-state index contributed by atoms with van der Waals surface area (Å²) in [7, 11) is 0. The van der Waals surface area contributed by atoms with Crippen LogP contribution in [0.2, 0.25) is 4.34 Å². The molecule has 15 heavy (non-hydrogen) atoms. The van der Waals surface area contributed by atoms with E-state index in [4.69, 9.17) is 11.6 Å². The minimum Gasteiger partial charge on any atom is -0.303 e. The van der Waals surface area contributed by atoms with Gasteiger partial charge in [0.15, 0.2) is 0 Å². The van der Waals surface area contributed by atoms with Crippen LogP contribution in [0.25, 0.3) is 0 Å². The van der Waals surface area contributed by atoms with Crippen molar-refractivity contribution >= 4 is 29.2 Å². The average molecular weight is 243 g/mol. The summed E-state index contributed by atoms with van der Waals surface area (Å²) >= 11 is 7.49. The Kier molecular flexibility index (Phi) is 3.17. The zero-order valence-electron chi connectivity index (χ0n) is 8.83. The van der Waals surface area contributed by atoms with Gasteiger partial charge in [-0.05, 0) is 43.7 Å². The van der Waals surface area contributed by atoms with Crippen molar-refractivity contribution in [3.63, 3.8) is 0 Å². The second kappa shape index (κ2) is 4.26. The van der Waals surface area contributed by atoms with Crippen LogP contribution in [0.3, 0.4) is 0 Å². The molecule has 0 saturated heterocycles. The molecule has 2 unspecified atom stereocenters. The summed E-state index contributed by atoms with van der Waals surface area (Å²) < 4.78 is 0.817. The van der Waals surface area contributed by atoms with Crippen molar-refractivity contribution in [3.05, 3.63) is 21.3 Å². The van der Waals surface area contributed by atoms with Crippen molar-refractivity contribution < 1.29 is 4.79 Å². The first-order chi connectivity index (χ1) is 7.13. The molecular formula is C12H15ClOS. The SMILES string of the molecule is CC1CCC(C=O)(Cc2ccc(Cl)s2)C1. The van der Waals surface area contributed by atoms with Gasteiger partial charge in [-0.15, -0.1) is 11.3 Å². The van der Waals surface area contributed by atoms with Crippen molar-refractivity contribution in [2.24, 2.45) is 11.3 Å². The van der Waals surface area contributed by atoms with E-state index < -0.39 is 0 Å². The van der Waals surface area contributed by atoms with E-state index in [0.29, 0.717) is 5.92 Å². The third-order valence-electron chi connectivity index (χ3n) is 3.30. The van der Waals surface area contributed by atoms with Crippen LogP contribution >= 0.6 is 22.9 Å². The standard InChI is InChI=1S/C12H15ClOS/c1-9-4-5-12(6-9,8-14)7-10-2-3-11(13)15-10/h2-3,8-9H,4-7H2,1H3. The minimum absolute atomic E-state index is 0.104. The maximum absolute atomic E-state index is 11.3. The normalized spacial score (nSPS) is 30.7. The summed E-state index contributed by atoms with van der Waals surface area (Å²) in [6.45, 7) is 2.23. The number of thiophene rings is 1. The Labute approximate surface area is 99.5 Å². The van der Waals surface area contributed by atoms with Crippen LogP contribution in [0.4, 0.5) is 0 Å². The largest absolute Gasteiger partial charge is 0.303 e. The molecular weight excluding hydrogens is 228 g/mol. The number of rotatable bonds is 3. The molecule has 0 spiro atoms. The van der Waals surface area contributed by atoms with Crippen LogP contribution in [0.1, 0.15) is 31.1 Å². The lowest BCUT2D eigenvalue weighted by Gasteiger charge is -2.21. The van der Waals surface area contributed by atoms with Crippen molar-refractivity contribution in [1.29, 1.82) is 0 Å². The Bertz CT molecular complexity index is 360. The van der Waals surface area contributed by atoms with Crippen LogP contribution in [0, 0.1) is 11.3 Å². The third-order valence-corrected chi connectivity index (χ3v) is 4.53. The molecule has 0 bridgehead atoms. The van der Waals surface area contributed by atoms with Crippen LogP contribution in [0.15, 0.2) is 12.1 Å². The smallest absolute Gasteiger partial charge is 0.126 e. The van der Waals surface area contributed by atoms with E-state index in [9.17, 15) is 4.79 Å². The van der Waals surface area contributed by atoms with E-state index in [1.807, 2.05) is 12.1 Å². The number of hydrogen-bond acceptors (Lipinski definition) is 2. The summed E-state index contributed by atoms with van der Waals surface area (Å²) in [4.78, 5) is 12.5. The molecule has 1 aromatic heterocycles. The summed E-state index contributed by atoms with van der Waals surface area (Å²) in [6, 6.07) is 3.96. The Hall–Kier alpha value is -0.340. The Morgan fingerprint density at radius 2 is 2.47 bits per heavy atom. The molecule has 0 aromatic carbocycles. The molecule has 82 valence electrons. The van der Waals surface area contributed by atoms with Gasteiger partial charge in [0.05, 0.1) is 4.34 Å². The first-order valence-electron chi connectivity index (χ1n) is 5.34. The van der Waals surface area contributed by atoms with Crippen LogP contribution in [-0.4, -0.2) is 6.29 Å². The average Bonchev–Trinajstić information content (AvgIpc) is 2.75. The van der Waals surface area contributed by atoms with Crippen molar-refractivity contribution in [2.75, 3.05) is 0 Å². The molecule has 3 heteroatoms. The van der Waals surface area contributed by atoms with E-state index in [2.05, 4.69) is 6.92 Å². The molecule has 1 saturated carbocycles. The monoisotopic (exact) mass is 242 g/mol. The Morgan fingerprint density at radius 1 is 1.67 bits per heavy atom. The van der Waals surface area contributed by atoms with E-state index in [0.717, 1.165) is 23.6 Å². The Balaban J connectivity index is 2.12. The topological polar surface area (TPSA) is 17.1 Å². The van der Waals surface area contributed by atoms with Gasteiger partial charge in [0.1, 0.15) is 6.29 Å². The number of carbonyl (C=O) groups is 1. The summed E-state index contributed by atoms with van der Waals surface area (Å²) in [6.07, 6.45) is 5.29. The molecule has 1 fully saturated rings. The fourth-order valence-electron chi connectivity index (χ4n) is 2.53. The van der Waals surface area contributed by atoms with Gasteiger partial charge in [-0.1, -0.05) is 18.5 Å². The van der Waals surface area contributed by atoms with Gasteiger partial charge in [-0.3, -0.25) is 0 Å². The van der Waals surface area contributed by atoms with Crippen molar-refractivity contribution in [1.82, 2.24) is 0 Å². The molecule has 1 nitrogen and oxygen atoms in total. The first kappa shape index (κ1) is 11.2. The quantitative estimate of drug-likeness (QED) is 0.734. The van der Waals surface area contributed by atoms with Gasteiger partial charge >= 0.3 is 0 Å². The molecule has 1 aliphatic rings. The zero-order chi connectivity index (χ0) is 10.9. The maximum Gasteiger partial charge on any atom is 0.126 e. The molecule has 2 atom stereocenters. The predicted molar refractivity (Wildman–Crippen MR) is 64.5 cm³/mol. The molecule has 1 aliphatic carbocycles. The lowest BCUT2D eigenvalue weighted by Crippen LogP contribution is -2.21. The zero-order valence-corrected chi connectivity index (χ0v) is 10.4. The van der Waals surface area contributed by atoms with E-state index >= 15 is 0 Å². The molecule has 0 amide bonds. The number of carbonyl (C=O) groups excluding carboxylic acids is 1. The molecule has 2 rings (SSSR count). The molecule has 1 heterocycles. The lowest BCUT2D eigenvalue weighted by molar-refractivity contribution is -0.116. The summed E-state index contributed by atoms with van der Waals surface area (Å²) in [5, 5.41) is 0. The lowest BCUT2D eigenvalue weighted by atomic mass is 9.83. The molecule has 1 aromatic rings. The fourth-order valence-corrected chi connectivity index (χ4v) is 3.78. The van der Waals surface area contributed by atoms with Crippen LogP contribution < -0.4 is 0 Å². The highest BCUT2D eigenvalue weighted by Gasteiger charge is 2.37. The van der Waals surface area contributed by atoms with Crippen molar-refractivity contribution in [3.8, 4) is 0 Å². The second-order valence-corrected chi connectivity index (χ2v) is 6.51. The highest BCUT2D eigenvalue weighted by molar-refractivity contribution is 7.16. The summed E-state index contributed by atoms with van der Waals surface area (Å²) in [5.41, 5.74) is -0.104. The third kappa shape index (κ3) is 2.43. The second-order valence-electron chi connectivity index (χ2n) is 4.71. The number of hydrogen-bond donors (Lipinski definition) is 0. The Morgan fingerprint density at radius 3 is 2.93 bits per heavy atom. The predicted octanol–water partition coefficient (Wildman–Crippen LogP) is 3.95. The minimum atomic E-state index is -0.104. The highest BCUT2D eigenvalue weighted by Crippen LogP contribution is 2.43. The first-order valence-corrected chi connectivity index (χ1v) is 6.53. The summed E-state index contributed by atoms with van der Waals surface area (Å²) in [5.74, 6) is 0.686. The molecule has 0 radical (unpaired) electrons. The molecule has 0 aliphatic heterocycles. The molecule has 0 N–H and O–H groups in total. The van der Waals surface area contributed by atoms with Gasteiger partial charge in [0, 0.05) is 10.3 Å². The van der Waals surface area contributed by atoms with Gasteiger partial charge in [0.25, 0.3) is 0 Å². The van der Waals surface area contributed by atoms with Gasteiger partial charge in [-0.25, -0.2) is 0 Å². The van der Waals surface area contributed by atoms with E-state index in [-0.39, 0.29) is 5.41 Å². The van der Waals surface area contributed by atoms with Gasteiger partial charge in [-0.2, -0.15) is 0 Å². The highest BCUT2D eigenvalue weighted by atomic mass is 35.5. The van der Waals surface area contributed by atoms with Crippen LogP contribution in [0.5, 0.6) is 0 Å². The van der Waals surface area contributed by atoms with Gasteiger partial charge < -0.3 is 4.79 Å². The fraction of sp³-hybridized carbons (Fsp3) is 0.583. The van der Waals surface area contributed by atoms with Crippen molar-refractivity contribution in [2.45, 2.75) is 32.6 Å².